The number of nitrogens with two attached hydrogens (primary N) is 1. The SMILES string of the molecule is CCCOC(=O)/C(C)=C/N. The van der Waals surface area contributed by atoms with Crippen LogP contribution in [0, 0.1) is 0 Å². The van der Waals surface area contributed by atoms with Gasteiger partial charge in [0.25, 0.3) is 0 Å². The average Bonchev–Trinajstić information content (AvgIpc) is 1.98. The van der Waals surface area contributed by atoms with Crippen molar-refractivity contribution in [2.75, 3.05) is 6.61 Å². The first-order valence-electron chi connectivity index (χ1n) is 3.28. The maximum Gasteiger partial charge on any atom is 0.335 e. The van der Waals surface area contributed by atoms with Crippen molar-refractivity contribution in [2.24, 2.45) is 5.73 Å². The Hall–Kier alpha value is -0.990. The fourth-order valence-electron chi connectivity index (χ4n) is 0.377. The van der Waals surface area contributed by atoms with Crippen LogP contribution in [0.2, 0.25) is 0 Å². The molecule has 0 unspecified atom stereocenters. The normalized spacial score (nSPS) is 11.2. The van der Waals surface area contributed by atoms with Gasteiger partial charge >= 0.3 is 5.97 Å². The molecule has 10 heavy (non-hydrogen) atoms. The third-order valence-electron chi connectivity index (χ3n) is 1.01. The summed E-state index contributed by atoms with van der Waals surface area (Å²) in [6.45, 7) is 4.02. The second-order valence-corrected chi connectivity index (χ2v) is 1.99. The molecule has 0 amide bonds. The lowest BCUT2D eigenvalue weighted by atomic mass is 10.3. The molecule has 0 saturated heterocycles. The van der Waals surface area contributed by atoms with E-state index in [0.717, 1.165) is 6.42 Å². The van der Waals surface area contributed by atoms with Crippen molar-refractivity contribution < 1.29 is 9.53 Å². The molecule has 3 nitrogen and oxygen atoms in total. The lowest BCUT2D eigenvalue weighted by molar-refractivity contribution is -0.138. The van der Waals surface area contributed by atoms with Crippen LogP contribution >= 0.6 is 0 Å². The Morgan fingerprint density at radius 1 is 1.70 bits per heavy atom. The van der Waals surface area contributed by atoms with E-state index in [1.165, 1.54) is 6.20 Å². The number of hydrogen-bond donors (Lipinski definition) is 1. The Labute approximate surface area is 60.9 Å². The van der Waals surface area contributed by atoms with E-state index in [4.69, 9.17) is 10.5 Å². The van der Waals surface area contributed by atoms with Gasteiger partial charge in [-0.15, -0.1) is 0 Å². The molecule has 0 bridgehead atoms. The summed E-state index contributed by atoms with van der Waals surface area (Å²) in [5.41, 5.74) is 5.53. The van der Waals surface area contributed by atoms with Gasteiger partial charge in [0.2, 0.25) is 0 Å². The quantitative estimate of drug-likeness (QED) is 0.469. The summed E-state index contributed by atoms with van der Waals surface area (Å²) in [5, 5.41) is 0. The molecule has 0 rings (SSSR count). The van der Waals surface area contributed by atoms with Crippen LogP contribution in [0.15, 0.2) is 11.8 Å². The Balaban J connectivity index is 3.63. The van der Waals surface area contributed by atoms with Crippen LogP contribution < -0.4 is 5.73 Å². The summed E-state index contributed by atoms with van der Waals surface area (Å²) >= 11 is 0. The fraction of sp³-hybridized carbons (Fsp3) is 0.571. The molecule has 0 aromatic carbocycles. The minimum Gasteiger partial charge on any atom is -0.462 e. The molecule has 0 saturated carbocycles. The Morgan fingerprint density at radius 3 is 2.70 bits per heavy atom. The van der Waals surface area contributed by atoms with Crippen molar-refractivity contribution in [3.8, 4) is 0 Å². The van der Waals surface area contributed by atoms with E-state index >= 15 is 0 Å². The Bertz CT molecular complexity index is 141. The van der Waals surface area contributed by atoms with Gasteiger partial charge in [0.1, 0.15) is 0 Å². The largest absolute Gasteiger partial charge is 0.462 e. The standard InChI is InChI=1S/C7H13NO2/c1-3-4-10-7(9)6(2)5-8/h5H,3-4,8H2,1-2H3/b6-5+. The summed E-state index contributed by atoms with van der Waals surface area (Å²) in [4.78, 5) is 10.8. The topological polar surface area (TPSA) is 52.3 Å². The summed E-state index contributed by atoms with van der Waals surface area (Å²) in [6, 6.07) is 0. The summed E-state index contributed by atoms with van der Waals surface area (Å²) < 4.78 is 4.76. The van der Waals surface area contributed by atoms with E-state index in [-0.39, 0.29) is 5.97 Å². The molecule has 0 aliphatic heterocycles. The molecule has 0 aliphatic carbocycles. The molecule has 2 N–H and O–H groups in total. The van der Waals surface area contributed by atoms with Crippen molar-refractivity contribution in [3.05, 3.63) is 11.8 Å². The highest BCUT2D eigenvalue weighted by molar-refractivity contribution is 5.87. The second kappa shape index (κ2) is 4.85. The first kappa shape index (κ1) is 9.01. The average molecular weight is 143 g/mol. The minimum atomic E-state index is -0.329. The summed E-state index contributed by atoms with van der Waals surface area (Å²) in [5.74, 6) is -0.329. The van der Waals surface area contributed by atoms with Crippen LogP contribution in [-0.2, 0) is 9.53 Å². The van der Waals surface area contributed by atoms with Crippen LogP contribution in [0.25, 0.3) is 0 Å². The molecule has 0 radical (unpaired) electrons. The van der Waals surface area contributed by atoms with Gasteiger partial charge in [-0.05, 0) is 13.3 Å². The molecule has 0 spiro atoms. The van der Waals surface area contributed by atoms with Crippen molar-refractivity contribution in [1.29, 1.82) is 0 Å². The van der Waals surface area contributed by atoms with Crippen LogP contribution in [0.4, 0.5) is 0 Å². The van der Waals surface area contributed by atoms with E-state index in [9.17, 15) is 4.79 Å². The number of carbonyl (C=O) groups is 1. The highest BCUT2D eigenvalue weighted by Gasteiger charge is 2.02. The number of ether oxygens (including phenoxy) is 1. The fourth-order valence-corrected chi connectivity index (χ4v) is 0.377. The van der Waals surface area contributed by atoms with Crippen LogP contribution in [0.5, 0.6) is 0 Å². The third kappa shape index (κ3) is 3.12. The number of carbonyl (C=O) groups excluding carboxylic acids is 1. The number of rotatable bonds is 3. The van der Waals surface area contributed by atoms with Crippen LogP contribution in [-0.4, -0.2) is 12.6 Å². The zero-order chi connectivity index (χ0) is 7.98. The predicted octanol–water partition coefficient (Wildman–Crippen LogP) is 0.802. The molecule has 0 aromatic rings. The molecular weight excluding hydrogens is 130 g/mol. The zero-order valence-corrected chi connectivity index (χ0v) is 6.39. The predicted molar refractivity (Wildman–Crippen MR) is 39.2 cm³/mol. The van der Waals surface area contributed by atoms with E-state index in [0.29, 0.717) is 12.2 Å². The molecule has 0 heterocycles. The minimum absolute atomic E-state index is 0.329. The van der Waals surface area contributed by atoms with E-state index < -0.39 is 0 Å². The highest BCUT2D eigenvalue weighted by Crippen LogP contribution is 1.93. The third-order valence-corrected chi connectivity index (χ3v) is 1.01. The van der Waals surface area contributed by atoms with Crippen molar-refractivity contribution in [2.45, 2.75) is 20.3 Å². The lowest BCUT2D eigenvalue weighted by Gasteiger charge is -2.00. The summed E-state index contributed by atoms with van der Waals surface area (Å²) in [6.07, 6.45) is 2.08. The van der Waals surface area contributed by atoms with Gasteiger partial charge in [-0.25, -0.2) is 4.79 Å². The van der Waals surface area contributed by atoms with Gasteiger partial charge in [-0.1, -0.05) is 6.92 Å². The van der Waals surface area contributed by atoms with Crippen molar-refractivity contribution >= 4 is 5.97 Å². The van der Waals surface area contributed by atoms with Crippen LogP contribution in [0.1, 0.15) is 20.3 Å². The van der Waals surface area contributed by atoms with E-state index in [1.807, 2.05) is 6.92 Å². The zero-order valence-electron chi connectivity index (χ0n) is 6.39. The molecule has 0 aromatic heterocycles. The smallest absolute Gasteiger partial charge is 0.335 e. The van der Waals surface area contributed by atoms with E-state index in [2.05, 4.69) is 0 Å². The van der Waals surface area contributed by atoms with Crippen molar-refractivity contribution in [3.63, 3.8) is 0 Å². The van der Waals surface area contributed by atoms with Gasteiger partial charge in [-0.2, -0.15) is 0 Å². The monoisotopic (exact) mass is 143 g/mol. The maximum absolute atomic E-state index is 10.8. The van der Waals surface area contributed by atoms with E-state index in [1.54, 1.807) is 6.92 Å². The maximum atomic E-state index is 10.8. The molecule has 0 aliphatic rings. The van der Waals surface area contributed by atoms with Crippen LogP contribution in [0.3, 0.4) is 0 Å². The van der Waals surface area contributed by atoms with Gasteiger partial charge < -0.3 is 10.5 Å². The molecule has 58 valence electrons. The number of esters is 1. The number of hydrogen-bond acceptors (Lipinski definition) is 3. The molecule has 3 heteroatoms. The second-order valence-electron chi connectivity index (χ2n) is 1.99. The summed E-state index contributed by atoms with van der Waals surface area (Å²) in [7, 11) is 0. The van der Waals surface area contributed by atoms with Gasteiger partial charge in [0.15, 0.2) is 0 Å². The van der Waals surface area contributed by atoms with Gasteiger partial charge in [0, 0.05) is 11.8 Å². The molecule has 0 atom stereocenters. The molecule has 0 fully saturated rings. The van der Waals surface area contributed by atoms with Crippen molar-refractivity contribution in [1.82, 2.24) is 0 Å². The Kier molecular flexibility index (Phi) is 4.37. The van der Waals surface area contributed by atoms with Gasteiger partial charge in [-0.3, -0.25) is 0 Å². The Morgan fingerprint density at radius 2 is 2.30 bits per heavy atom. The molecular formula is C7H13NO2. The first-order chi connectivity index (χ1) is 4.72. The van der Waals surface area contributed by atoms with Gasteiger partial charge in [0.05, 0.1) is 6.61 Å². The first-order valence-corrected chi connectivity index (χ1v) is 3.28. The lowest BCUT2D eigenvalue weighted by Crippen LogP contribution is -2.07. The highest BCUT2D eigenvalue weighted by atomic mass is 16.5.